The van der Waals surface area contributed by atoms with Crippen LogP contribution in [0.25, 0.3) is 22.6 Å². The molecule has 0 unspecified atom stereocenters. The lowest BCUT2D eigenvalue weighted by molar-refractivity contribution is -0.123. The number of amides is 3. The van der Waals surface area contributed by atoms with Crippen LogP contribution in [-0.2, 0) is 16.0 Å². The minimum Gasteiger partial charge on any atom is -0.465 e. The molecule has 0 spiro atoms. The number of para-hydroxylation sites is 1. The van der Waals surface area contributed by atoms with Gasteiger partial charge in [0.05, 0.1) is 23.0 Å². The fraction of sp³-hybridized carbons (Fsp3) is 0.182. The Hall–Kier alpha value is -3.94. The number of nitrogens with one attached hydrogen (secondary N) is 2. The number of benzene rings is 1. The van der Waals surface area contributed by atoms with Gasteiger partial charge < -0.3 is 14.5 Å². The van der Waals surface area contributed by atoms with Crippen molar-refractivity contribution >= 4 is 40.5 Å². The lowest BCUT2D eigenvalue weighted by Gasteiger charge is -2.12. The number of hydrogen-bond acceptors (Lipinski definition) is 6. The molecule has 3 amide bonds. The maximum atomic E-state index is 12.9. The summed E-state index contributed by atoms with van der Waals surface area (Å²) in [5, 5.41) is 4.98. The van der Waals surface area contributed by atoms with Crippen molar-refractivity contribution in [2.24, 2.45) is 0 Å². The topological polar surface area (TPSA) is 111 Å². The van der Waals surface area contributed by atoms with Gasteiger partial charge in [-0.3, -0.25) is 10.1 Å². The number of hydrogen-bond donors (Lipinski definition) is 2. The summed E-state index contributed by atoms with van der Waals surface area (Å²) in [4.78, 5) is 40.7. The highest BCUT2D eigenvalue weighted by atomic mass is 16.5. The molecule has 1 aliphatic rings. The van der Waals surface area contributed by atoms with Crippen molar-refractivity contribution in [3.63, 3.8) is 0 Å². The van der Waals surface area contributed by atoms with Crippen molar-refractivity contribution in [3.8, 4) is 0 Å². The Labute approximate surface area is 171 Å². The van der Waals surface area contributed by atoms with E-state index in [2.05, 4.69) is 10.6 Å². The fourth-order valence-electron chi connectivity index (χ4n) is 3.49. The zero-order valence-corrected chi connectivity index (χ0v) is 16.2. The molecule has 4 rings (SSSR count). The second-order valence-corrected chi connectivity index (χ2v) is 6.72. The molecule has 2 aromatic heterocycles. The molecule has 0 saturated heterocycles. The first-order valence-electron chi connectivity index (χ1n) is 9.41. The number of rotatable bonds is 4. The summed E-state index contributed by atoms with van der Waals surface area (Å²) in [5.41, 5.74) is 3.53. The number of nitrogens with zero attached hydrogens (tertiary/aromatic N) is 1. The minimum atomic E-state index is -0.712. The first-order chi connectivity index (χ1) is 14.6. The Morgan fingerprint density at radius 1 is 1.17 bits per heavy atom. The SMILES string of the molecule is CNC(=O)NC(=O)COC(=O)c1c2c(nc3ccccc13)/C(=C/c1ccco1)CC2. The summed E-state index contributed by atoms with van der Waals surface area (Å²) >= 11 is 0. The van der Waals surface area contributed by atoms with E-state index in [9.17, 15) is 14.4 Å². The molecule has 152 valence electrons. The molecule has 8 nitrogen and oxygen atoms in total. The van der Waals surface area contributed by atoms with Crippen molar-refractivity contribution in [2.75, 3.05) is 13.7 Å². The molecule has 0 bridgehead atoms. The lowest BCUT2D eigenvalue weighted by atomic mass is 10.0. The van der Waals surface area contributed by atoms with Crippen LogP contribution < -0.4 is 10.6 Å². The number of ether oxygens (including phenoxy) is 1. The van der Waals surface area contributed by atoms with Crippen LogP contribution in [0.1, 0.15) is 33.8 Å². The third kappa shape index (κ3) is 3.80. The number of esters is 1. The van der Waals surface area contributed by atoms with Gasteiger partial charge >= 0.3 is 12.0 Å². The van der Waals surface area contributed by atoms with Gasteiger partial charge in [0.25, 0.3) is 5.91 Å². The molecular formula is C22H19N3O5. The van der Waals surface area contributed by atoms with E-state index in [-0.39, 0.29) is 0 Å². The molecular weight excluding hydrogens is 386 g/mol. The monoisotopic (exact) mass is 405 g/mol. The van der Waals surface area contributed by atoms with Gasteiger partial charge in [0, 0.05) is 12.4 Å². The zero-order chi connectivity index (χ0) is 21.1. The minimum absolute atomic E-state index is 0.395. The Morgan fingerprint density at radius 3 is 2.77 bits per heavy atom. The molecule has 0 fully saturated rings. The number of aromatic nitrogens is 1. The highest BCUT2D eigenvalue weighted by Gasteiger charge is 2.28. The second-order valence-electron chi connectivity index (χ2n) is 6.72. The molecule has 1 aliphatic carbocycles. The van der Waals surface area contributed by atoms with Gasteiger partial charge in [-0.25, -0.2) is 14.6 Å². The summed E-state index contributed by atoms with van der Waals surface area (Å²) < 4.78 is 10.6. The molecule has 8 heteroatoms. The van der Waals surface area contributed by atoms with E-state index in [1.807, 2.05) is 36.4 Å². The van der Waals surface area contributed by atoms with E-state index in [1.165, 1.54) is 7.05 Å². The van der Waals surface area contributed by atoms with Crippen LogP contribution in [0.15, 0.2) is 47.1 Å². The van der Waals surface area contributed by atoms with Gasteiger partial charge in [-0.1, -0.05) is 18.2 Å². The largest absolute Gasteiger partial charge is 0.465 e. The molecule has 0 radical (unpaired) electrons. The quantitative estimate of drug-likeness (QED) is 0.646. The van der Waals surface area contributed by atoms with Crippen molar-refractivity contribution in [3.05, 3.63) is 65.2 Å². The number of imide groups is 1. The van der Waals surface area contributed by atoms with Gasteiger partial charge in [-0.05, 0) is 48.3 Å². The highest BCUT2D eigenvalue weighted by molar-refractivity contribution is 6.07. The summed E-state index contributed by atoms with van der Waals surface area (Å²) in [7, 11) is 1.38. The Morgan fingerprint density at radius 2 is 2.00 bits per heavy atom. The molecule has 0 saturated carbocycles. The molecule has 1 aromatic carbocycles. The second kappa shape index (κ2) is 8.20. The van der Waals surface area contributed by atoms with Gasteiger partial charge in [0.1, 0.15) is 5.76 Å². The maximum absolute atomic E-state index is 12.9. The Bertz CT molecular complexity index is 1160. The van der Waals surface area contributed by atoms with Crippen LogP contribution in [-0.4, -0.2) is 36.5 Å². The van der Waals surface area contributed by atoms with Gasteiger partial charge in [0.2, 0.25) is 0 Å². The summed E-state index contributed by atoms with van der Waals surface area (Å²) in [6.45, 7) is -0.563. The summed E-state index contributed by atoms with van der Waals surface area (Å²) in [5.74, 6) is -0.630. The third-order valence-electron chi connectivity index (χ3n) is 4.82. The van der Waals surface area contributed by atoms with Crippen LogP contribution in [0.2, 0.25) is 0 Å². The first-order valence-corrected chi connectivity index (χ1v) is 9.41. The van der Waals surface area contributed by atoms with Gasteiger partial charge in [0.15, 0.2) is 6.61 Å². The van der Waals surface area contributed by atoms with Crippen LogP contribution in [0, 0.1) is 0 Å². The average Bonchev–Trinajstić information content (AvgIpc) is 3.40. The van der Waals surface area contributed by atoms with Crippen molar-refractivity contribution < 1.29 is 23.5 Å². The molecule has 2 N–H and O–H groups in total. The fourth-order valence-corrected chi connectivity index (χ4v) is 3.49. The predicted molar refractivity (Wildman–Crippen MR) is 110 cm³/mol. The smallest absolute Gasteiger partial charge is 0.339 e. The highest BCUT2D eigenvalue weighted by Crippen LogP contribution is 2.37. The van der Waals surface area contributed by atoms with Crippen LogP contribution in [0.4, 0.5) is 4.79 Å². The lowest BCUT2D eigenvalue weighted by Crippen LogP contribution is -2.39. The Kier molecular flexibility index (Phi) is 5.30. The zero-order valence-electron chi connectivity index (χ0n) is 16.2. The van der Waals surface area contributed by atoms with Gasteiger partial charge in [-0.15, -0.1) is 0 Å². The molecule has 2 heterocycles. The normalized spacial score (nSPS) is 13.8. The van der Waals surface area contributed by atoms with Crippen molar-refractivity contribution in [1.82, 2.24) is 15.6 Å². The number of furan rings is 1. The third-order valence-corrected chi connectivity index (χ3v) is 4.82. The number of pyridine rings is 1. The Balaban J connectivity index is 1.69. The number of carbonyl (C=O) groups excluding carboxylic acids is 3. The van der Waals surface area contributed by atoms with E-state index in [1.54, 1.807) is 12.3 Å². The summed E-state index contributed by atoms with van der Waals surface area (Å²) in [6.07, 6.45) is 4.84. The number of allylic oxidation sites excluding steroid dienone is 1. The van der Waals surface area contributed by atoms with E-state index in [4.69, 9.17) is 14.1 Å². The van der Waals surface area contributed by atoms with Gasteiger partial charge in [-0.2, -0.15) is 0 Å². The van der Waals surface area contributed by atoms with Crippen LogP contribution in [0.3, 0.4) is 0 Å². The molecule has 3 aromatic rings. The van der Waals surface area contributed by atoms with Crippen molar-refractivity contribution in [2.45, 2.75) is 12.8 Å². The molecule has 0 atom stereocenters. The predicted octanol–water partition coefficient (Wildman–Crippen LogP) is 2.93. The molecule has 30 heavy (non-hydrogen) atoms. The van der Waals surface area contributed by atoms with E-state index in [0.29, 0.717) is 35.1 Å². The number of fused-ring (bicyclic) bond motifs is 2. The average molecular weight is 405 g/mol. The van der Waals surface area contributed by atoms with E-state index in [0.717, 1.165) is 16.8 Å². The number of carbonyl (C=O) groups is 3. The summed E-state index contributed by atoms with van der Waals surface area (Å²) in [6, 6.07) is 10.3. The van der Waals surface area contributed by atoms with E-state index >= 15 is 0 Å². The van der Waals surface area contributed by atoms with Crippen LogP contribution in [0.5, 0.6) is 0 Å². The van der Waals surface area contributed by atoms with E-state index < -0.39 is 24.5 Å². The number of urea groups is 1. The van der Waals surface area contributed by atoms with Crippen LogP contribution >= 0.6 is 0 Å². The standard InChI is InChI=1S/C22H19N3O5/c1-23-22(28)25-18(26)12-30-21(27)19-15-6-2-3-7-17(15)24-20-13(8-9-16(19)20)11-14-5-4-10-29-14/h2-7,10-11H,8-9,12H2,1H3,(H2,23,25,26,28)/b13-11+. The molecule has 0 aliphatic heterocycles. The maximum Gasteiger partial charge on any atom is 0.339 e. The first kappa shape index (κ1) is 19.4. The van der Waals surface area contributed by atoms with Crippen molar-refractivity contribution in [1.29, 1.82) is 0 Å².